The van der Waals surface area contributed by atoms with Crippen molar-refractivity contribution in [2.45, 2.75) is 65.0 Å². The van der Waals surface area contributed by atoms with Crippen molar-refractivity contribution < 1.29 is 14.4 Å². The second kappa shape index (κ2) is 8.60. The maximum atomic E-state index is 12.2. The predicted octanol–water partition coefficient (Wildman–Crippen LogP) is 0.831. The molecule has 9 heteroatoms. The molecule has 0 aromatic carbocycles. The highest BCUT2D eigenvalue weighted by Gasteiger charge is 2.43. The zero-order valence-electron chi connectivity index (χ0n) is 15.3. The summed E-state index contributed by atoms with van der Waals surface area (Å²) in [5, 5.41) is 11.1. The number of nitrogens with one attached hydrogen (secondary N) is 4. The third-order valence-electron chi connectivity index (χ3n) is 4.27. The maximum absolute atomic E-state index is 12.2. The van der Waals surface area contributed by atoms with E-state index < -0.39 is 12.3 Å². The van der Waals surface area contributed by atoms with E-state index >= 15 is 0 Å². The number of rotatable bonds is 6. The monoisotopic (exact) mass is 342 g/mol. The Hall–Kier alpha value is -2.19. The summed E-state index contributed by atoms with van der Waals surface area (Å²) in [4.78, 5) is 39.1. The van der Waals surface area contributed by atoms with Gasteiger partial charge in [0.2, 0.25) is 0 Å². The van der Waals surface area contributed by atoms with Gasteiger partial charge in [-0.15, -0.1) is 0 Å². The highest BCUT2D eigenvalue weighted by atomic mass is 16.2. The molecule has 0 aromatic heterocycles. The summed E-state index contributed by atoms with van der Waals surface area (Å²) in [5.41, 5.74) is 0. The largest absolute Gasteiger partial charge is 0.336 e. The number of urea groups is 3. The van der Waals surface area contributed by atoms with E-state index in [1.165, 1.54) is 9.80 Å². The van der Waals surface area contributed by atoms with Crippen LogP contribution in [0.15, 0.2) is 0 Å². The fourth-order valence-electron chi connectivity index (χ4n) is 2.27. The first-order chi connectivity index (χ1) is 11.2. The van der Waals surface area contributed by atoms with Gasteiger partial charge in [-0.05, 0) is 26.7 Å². The van der Waals surface area contributed by atoms with Crippen LogP contribution >= 0.6 is 0 Å². The van der Waals surface area contributed by atoms with Crippen LogP contribution in [0.3, 0.4) is 0 Å². The summed E-state index contributed by atoms with van der Waals surface area (Å²) >= 11 is 0. The quantitative estimate of drug-likeness (QED) is 0.574. The van der Waals surface area contributed by atoms with Crippen LogP contribution in [0.5, 0.6) is 0 Å². The van der Waals surface area contributed by atoms with Gasteiger partial charge in [0, 0.05) is 26.2 Å². The summed E-state index contributed by atoms with van der Waals surface area (Å²) in [6.45, 7) is 7.72. The van der Waals surface area contributed by atoms with Crippen LogP contribution in [0, 0.1) is 0 Å². The second-order valence-electron chi connectivity index (χ2n) is 6.25. The Morgan fingerprint density at radius 3 is 1.54 bits per heavy atom. The molecule has 0 aromatic rings. The van der Waals surface area contributed by atoms with Crippen LogP contribution in [0.4, 0.5) is 14.4 Å². The molecule has 4 atom stereocenters. The Morgan fingerprint density at radius 1 is 0.917 bits per heavy atom. The van der Waals surface area contributed by atoms with E-state index in [4.69, 9.17) is 0 Å². The summed E-state index contributed by atoms with van der Waals surface area (Å²) in [5.74, 6) is 0. The van der Waals surface area contributed by atoms with Crippen LogP contribution < -0.4 is 21.3 Å². The van der Waals surface area contributed by atoms with E-state index in [0.717, 1.165) is 12.8 Å². The van der Waals surface area contributed by atoms with E-state index in [-0.39, 0.29) is 30.2 Å². The molecule has 0 unspecified atom stereocenters. The Morgan fingerprint density at radius 2 is 1.25 bits per heavy atom. The van der Waals surface area contributed by atoms with E-state index in [9.17, 15) is 14.4 Å². The molecule has 6 amide bonds. The number of likely N-dealkylation sites (N-methyl/N-ethyl adjacent to an activating group) is 2. The van der Waals surface area contributed by atoms with Gasteiger partial charge in [-0.25, -0.2) is 14.4 Å². The Labute approximate surface area is 143 Å². The molecule has 0 bridgehead atoms. The molecule has 1 saturated heterocycles. The topological polar surface area (TPSA) is 106 Å². The number of amides is 6. The van der Waals surface area contributed by atoms with Crippen LogP contribution in [-0.4, -0.2) is 66.4 Å². The van der Waals surface area contributed by atoms with Crippen LogP contribution in [0.2, 0.25) is 0 Å². The van der Waals surface area contributed by atoms with Gasteiger partial charge in [0.15, 0.2) is 0 Å². The number of nitrogens with zero attached hydrogens (tertiary/aromatic N) is 2. The lowest BCUT2D eigenvalue weighted by Crippen LogP contribution is -2.60. The Bertz CT molecular complexity index is 432. The van der Waals surface area contributed by atoms with Gasteiger partial charge in [-0.1, -0.05) is 13.8 Å². The molecule has 1 aliphatic heterocycles. The van der Waals surface area contributed by atoms with Gasteiger partial charge >= 0.3 is 18.1 Å². The average Bonchev–Trinajstić information content (AvgIpc) is 2.72. The molecular formula is C15H30N6O3. The van der Waals surface area contributed by atoms with Gasteiger partial charge in [0.1, 0.15) is 12.3 Å². The zero-order chi connectivity index (χ0) is 18.4. The lowest BCUT2D eigenvalue weighted by molar-refractivity contribution is 0.191. The average molecular weight is 342 g/mol. The summed E-state index contributed by atoms with van der Waals surface area (Å²) in [6, 6.07) is -0.995. The lowest BCUT2D eigenvalue weighted by atomic mass is 10.2. The SMILES string of the molecule is CC[C@@H](C)NC(=O)N[C@H]1[C@H](NC(=O)N[C@@H](C)CC)N(C)C(=O)N1C. The van der Waals surface area contributed by atoms with Crippen molar-refractivity contribution in [2.24, 2.45) is 0 Å². The van der Waals surface area contributed by atoms with Crippen LogP contribution in [-0.2, 0) is 0 Å². The molecule has 0 radical (unpaired) electrons. The molecule has 1 fully saturated rings. The van der Waals surface area contributed by atoms with Gasteiger partial charge in [0.05, 0.1) is 0 Å². The third kappa shape index (κ3) is 4.90. The summed E-state index contributed by atoms with van der Waals surface area (Å²) in [6.07, 6.45) is 0.279. The standard InChI is InChI=1S/C15H30N6O3/c1-7-9(3)16-13(22)18-11-12(21(6)15(24)20(11)5)19-14(23)17-10(4)8-2/h9-12H,7-8H2,1-6H3,(H2,16,18,22)(H2,17,19,23)/t9-,10+,11-,12-/m1/s1. The first-order valence-corrected chi connectivity index (χ1v) is 8.34. The Balaban J connectivity index is 2.76. The van der Waals surface area contributed by atoms with Crippen molar-refractivity contribution in [3.05, 3.63) is 0 Å². The predicted molar refractivity (Wildman–Crippen MR) is 91.3 cm³/mol. The Kier molecular flexibility index (Phi) is 7.12. The van der Waals surface area contributed by atoms with Gasteiger partial charge in [0.25, 0.3) is 0 Å². The summed E-state index contributed by atoms with van der Waals surface area (Å²) < 4.78 is 0. The molecule has 1 rings (SSSR count). The van der Waals surface area contributed by atoms with E-state index in [1.54, 1.807) is 14.1 Å². The van der Waals surface area contributed by atoms with Gasteiger partial charge < -0.3 is 31.1 Å². The van der Waals surface area contributed by atoms with E-state index in [2.05, 4.69) is 21.3 Å². The number of hydrogen-bond acceptors (Lipinski definition) is 3. The van der Waals surface area contributed by atoms with Crippen molar-refractivity contribution in [2.75, 3.05) is 14.1 Å². The van der Waals surface area contributed by atoms with Crippen molar-refractivity contribution in [1.82, 2.24) is 31.1 Å². The first-order valence-electron chi connectivity index (χ1n) is 8.34. The van der Waals surface area contributed by atoms with Crippen molar-refractivity contribution >= 4 is 18.1 Å². The highest BCUT2D eigenvalue weighted by molar-refractivity contribution is 5.82. The number of hydrogen-bond donors (Lipinski definition) is 4. The van der Waals surface area contributed by atoms with Crippen molar-refractivity contribution in [3.8, 4) is 0 Å². The molecular weight excluding hydrogens is 312 g/mol. The molecule has 1 aliphatic rings. The fourth-order valence-corrected chi connectivity index (χ4v) is 2.27. The molecule has 0 aliphatic carbocycles. The first kappa shape index (κ1) is 19.9. The van der Waals surface area contributed by atoms with Gasteiger partial charge in [-0.2, -0.15) is 0 Å². The lowest BCUT2D eigenvalue weighted by Gasteiger charge is -2.28. The molecule has 4 N–H and O–H groups in total. The minimum atomic E-state index is -0.658. The minimum Gasteiger partial charge on any atom is -0.336 e. The van der Waals surface area contributed by atoms with E-state index in [1.807, 2.05) is 27.7 Å². The maximum Gasteiger partial charge on any atom is 0.323 e. The number of carbonyl (C=O) groups excluding carboxylic acids is 3. The van der Waals surface area contributed by atoms with Crippen LogP contribution in [0.1, 0.15) is 40.5 Å². The zero-order valence-corrected chi connectivity index (χ0v) is 15.3. The van der Waals surface area contributed by atoms with Gasteiger partial charge in [-0.3, -0.25) is 0 Å². The number of carbonyl (C=O) groups is 3. The fraction of sp³-hybridized carbons (Fsp3) is 0.800. The smallest absolute Gasteiger partial charge is 0.323 e. The molecule has 24 heavy (non-hydrogen) atoms. The third-order valence-corrected chi connectivity index (χ3v) is 4.27. The molecule has 0 spiro atoms. The highest BCUT2D eigenvalue weighted by Crippen LogP contribution is 2.16. The van der Waals surface area contributed by atoms with Crippen LogP contribution in [0.25, 0.3) is 0 Å². The molecule has 9 nitrogen and oxygen atoms in total. The van der Waals surface area contributed by atoms with Crippen molar-refractivity contribution in [1.29, 1.82) is 0 Å². The second-order valence-corrected chi connectivity index (χ2v) is 6.25. The molecule has 1 heterocycles. The van der Waals surface area contributed by atoms with E-state index in [0.29, 0.717) is 0 Å². The van der Waals surface area contributed by atoms with Crippen molar-refractivity contribution in [3.63, 3.8) is 0 Å². The molecule has 138 valence electrons. The molecule has 0 saturated carbocycles. The normalized spacial score (nSPS) is 22.8. The summed E-state index contributed by atoms with van der Waals surface area (Å²) in [7, 11) is 3.17. The minimum absolute atomic E-state index is 0.0188.